The summed E-state index contributed by atoms with van der Waals surface area (Å²) in [5.74, 6) is 0. The molecule has 0 aliphatic rings. The third-order valence-electron chi connectivity index (χ3n) is 1.52. The predicted molar refractivity (Wildman–Crippen MR) is 51.1 cm³/mol. The summed E-state index contributed by atoms with van der Waals surface area (Å²) in [6.45, 7) is 8.23. The zero-order valence-electron chi connectivity index (χ0n) is 8.09. The standard InChI is InChI=1S/C9H20N2/c1-7(2)11-9(4)6-5-8(3)10/h8-9H,5-6,10H2,1-4H3. The molecule has 0 radical (unpaired) electrons. The van der Waals surface area contributed by atoms with E-state index in [4.69, 9.17) is 5.73 Å². The molecule has 0 aromatic heterocycles. The van der Waals surface area contributed by atoms with E-state index in [2.05, 4.69) is 11.9 Å². The van der Waals surface area contributed by atoms with Gasteiger partial charge in [-0.1, -0.05) is 0 Å². The van der Waals surface area contributed by atoms with Crippen molar-refractivity contribution in [3.63, 3.8) is 0 Å². The first-order valence-electron chi connectivity index (χ1n) is 4.29. The van der Waals surface area contributed by atoms with Crippen molar-refractivity contribution >= 4 is 5.71 Å². The molecule has 2 unspecified atom stereocenters. The van der Waals surface area contributed by atoms with Crippen LogP contribution in [-0.2, 0) is 0 Å². The smallest absolute Gasteiger partial charge is 0.0471 e. The Morgan fingerprint density at radius 2 is 1.82 bits per heavy atom. The molecule has 2 N–H and O–H groups in total. The van der Waals surface area contributed by atoms with Gasteiger partial charge in [-0.2, -0.15) is 0 Å². The molecule has 0 aromatic rings. The van der Waals surface area contributed by atoms with Gasteiger partial charge < -0.3 is 5.73 Å². The quantitative estimate of drug-likeness (QED) is 0.621. The van der Waals surface area contributed by atoms with Gasteiger partial charge in [0.05, 0.1) is 0 Å². The number of hydrogen-bond donors (Lipinski definition) is 1. The average molecular weight is 156 g/mol. The monoisotopic (exact) mass is 156 g/mol. The van der Waals surface area contributed by atoms with Crippen molar-refractivity contribution in [3.05, 3.63) is 0 Å². The molecule has 66 valence electrons. The Hall–Kier alpha value is -0.370. The summed E-state index contributed by atoms with van der Waals surface area (Å²) >= 11 is 0. The molecule has 0 saturated carbocycles. The Morgan fingerprint density at radius 1 is 1.27 bits per heavy atom. The molecule has 2 heteroatoms. The van der Waals surface area contributed by atoms with E-state index >= 15 is 0 Å². The van der Waals surface area contributed by atoms with Crippen molar-refractivity contribution in [2.24, 2.45) is 10.7 Å². The highest BCUT2D eigenvalue weighted by molar-refractivity contribution is 5.79. The minimum absolute atomic E-state index is 0.310. The highest BCUT2D eigenvalue weighted by Gasteiger charge is 2.00. The van der Waals surface area contributed by atoms with Crippen LogP contribution in [0.25, 0.3) is 0 Å². The summed E-state index contributed by atoms with van der Waals surface area (Å²) < 4.78 is 0. The van der Waals surface area contributed by atoms with Crippen LogP contribution in [0.2, 0.25) is 0 Å². The van der Waals surface area contributed by atoms with Gasteiger partial charge in [0.2, 0.25) is 0 Å². The van der Waals surface area contributed by atoms with Crippen molar-refractivity contribution in [3.8, 4) is 0 Å². The SMILES string of the molecule is CC(C)=NC(C)CCC(C)N. The summed E-state index contributed by atoms with van der Waals surface area (Å²) in [6, 6.07) is 0.746. The van der Waals surface area contributed by atoms with Crippen LogP contribution in [0, 0.1) is 0 Å². The van der Waals surface area contributed by atoms with Crippen LogP contribution in [0.5, 0.6) is 0 Å². The average Bonchev–Trinajstić information content (AvgIpc) is 1.82. The first-order valence-corrected chi connectivity index (χ1v) is 4.29. The number of aliphatic imine (C=N–C) groups is 1. The fourth-order valence-electron chi connectivity index (χ4n) is 1.01. The van der Waals surface area contributed by atoms with Gasteiger partial charge in [-0.25, -0.2) is 0 Å². The van der Waals surface area contributed by atoms with Crippen molar-refractivity contribution < 1.29 is 0 Å². The second-order valence-corrected chi connectivity index (χ2v) is 3.48. The maximum Gasteiger partial charge on any atom is 0.0471 e. The Kier molecular flexibility index (Phi) is 5.12. The third-order valence-corrected chi connectivity index (χ3v) is 1.52. The molecule has 0 fully saturated rings. The van der Waals surface area contributed by atoms with Crippen molar-refractivity contribution in [1.29, 1.82) is 0 Å². The molecule has 0 aliphatic carbocycles. The molecule has 0 aliphatic heterocycles. The highest BCUT2D eigenvalue weighted by Crippen LogP contribution is 2.03. The summed E-state index contributed by atoms with van der Waals surface area (Å²) in [7, 11) is 0. The predicted octanol–water partition coefficient (Wildman–Crippen LogP) is 1.98. The molecule has 2 nitrogen and oxygen atoms in total. The third kappa shape index (κ3) is 7.53. The zero-order valence-corrected chi connectivity index (χ0v) is 8.09. The number of hydrogen-bond acceptors (Lipinski definition) is 2. The van der Waals surface area contributed by atoms with Gasteiger partial charge in [-0.05, 0) is 40.5 Å². The van der Waals surface area contributed by atoms with Crippen molar-refractivity contribution in [1.82, 2.24) is 0 Å². The molecular weight excluding hydrogens is 136 g/mol. The Balaban J connectivity index is 3.53. The van der Waals surface area contributed by atoms with Crippen LogP contribution in [0.1, 0.15) is 40.5 Å². The second-order valence-electron chi connectivity index (χ2n) is 3.48. The minimum atomic E-state index is 0.310. The lowest BCUT2D eigenvalue weighted by molar-refractivity contribution is 0.565. The maximum atomic E-state index is 5.62. The topological polar surface area (TPSA) is 38.4 Å². The molecular formula is C9H20N2. The van der Waals surface area contributed by atoms with Gasteiger partial charge in [-0.15, -0.1) is 0 Å². The Morgan fingerprint density at radius 3 is 2.18 bits per heavy atom. The van der Waals surface area contributed by atoms with E-state index in [1.807, 2.05) is 20.8 Å². The number of rotatable bonds is 4. The number of nitrogens with zero attached hydrogens (tertiary/aromatic N) is 1. The molecule has 0 amide bonds. The largest absolute Gasteiger partial charge is 0.328 e. The fraction of sp³-hybridized carbons (Fsp3) is 0.889. The van der Waals surface area contributed by atoms with Gasteiger partial charge in [0.25, 0.3) is 0 Å². The summed E-state index contributed by atoms with van der Waals surface area (Å²) in [4.78, 5) is 4.41. The summed E-state index contributed by atoms with van der Waals surface area (Å²) in [5.41, 5.74) is 6.78. The first-order chi connectivity index (χ1) is 5.02. The minimum Gasteiger partial charge on any atom is -0.328 e. The van der Waals surface area contributed by atoms with Crippen molar-refractivity contribution in [2.75, 3.05) is 0 Å². The Bertz CT molecular complexity index is 124. The summed E-state index contributed by atoms with van der Waals surface area (Å²) in [6.07, 6.45) is 2.17. The fourth-order valence-corrected chi connectivity index (χ4v) is 1.01. The number of nitrogens with two attached hydrogens (primary N) is 1. The van der Waals surface area contributed by atoms with E-state index in [-0.39, 0.29) is 0 Å². The summed E-state index contributed by atoms with van der Waals surface area (Å²) in [5, 5.41) is 0. The first kappa shape index (κ1) is 10.6. The molecule has 2 atom stereocenters. The normalized spacial score (nSPS) is 15.7. The van der Waals surface area contributed by atoms with Crippen LogP contribution in [-0.4, -0.2) is 17.8 Å². The van der Waals surface area contributed by atoms with Crippen LogP contribution in [0.15, 0.2) is 4.99 Å². The van der Waals surface area contributed by atoms with E-state index in [1.165, 1.54) is 0 Å². The molecule has 11 heavy (non-hydrogen) atoms. The van der Waals surface area contributed by atoms with E-state index < -0.39 is 0 Å². The molecule has 0 aromatic carbocycles. The van der Waals surface area contributed by atoms with Gasteiger partial charge in [0.15, 0.2) is 0 Å². The van der Waals surface area contributed by atoms with Crippen molar-refractivity contribution in [2.45, 2.75) is 52.6 Å². The lowest BCUT2D eigenvalue weighted by Gasteiger charge is -2.08. The van der Waals surface area contributed by atoms with Crippen LogP contribution in [0.4, 0.5) is 0 Å². The van der Waals surface area contributed by atoms with Gasteiger partial charge >= 0.3 is 0 Å². The van der Waals surface area contributed by atoms with Crippen LogP contribution < -0.4 is 5.73 Å². The van der Waals surface area contributed by atoms with E-state index in [9.17, 15) is 0 Å². The van der Waals surface area contributed by atoms with E-state index in [1.54, 1.807) is 0 Å². The Labute approximate surface area is 69.9 Å². The molecule has 0 spiro atoms. The van der Waals surface area contributed by atoms with E-state index in [0.29, 0.717) is 12.1 Å². The van der Waals surface area contributed by atoms with E-state index in [0.717, 1.165) is 18.6 Å². The molecule has 0 heterocycles. The van der Waals surface area contributed by atoms with Crippen LogP contribution in [0.3, 0.4) is 0 Å². The zero-order chi connectivity index (χ0) is 8.85. The molecule has 0 rings (SSSR count). The van der Waals surface area contributed by atoms with Crippen LogP contribution >= 0.6 is 0 Å². The van der Waals surface area contributed by atoms with Gasteiger partial charge in [0, 0.05) is 17.8 Å². The van der Waals surface area contributed by atoms with Gasteiger partial charge in [-0.3, -0.25) is 4.99 Å². The molecule has 0 bridgehead atoms. The van der Waals surface area contributed by atoms with Gasteiger partial charge in [0.1, 0.15) is 0 Å². The highest BCUT2D eigenvalue weighted by atomic mass is 14.8. The lowest BCUT2D eigenvalue weighted by atomic mass is 10.1. The maximum absolute atomic E-state index is 5.62. The molecule has 0 saturated heterocycles. The second kappa shape index (κ2) is 5.30. The lowest BCUT2D eigenvalue weighted by Crippen LogP contribution is -2.16.